The van der Waals surface area contributed by atoms with E-state index in [0.29, 0.717) is 17.5 Å². The van der Waals surface area contributed by atoms with Crippen molar-refractivity contribution >= 4 is 65.6 Å². The fraction of sp³-hybridized carbons (Fsp3) is 0. The minimum absolute atomic E-state index is 0.620. The van der Waals surface area contributed by atoms with E-state index >= 15 is 0 Å². The Morgan fingerprint density at radius 1 is 0.316 bits per heavy atom. The number of aromatic nitrogens is 5. The Balaban J connectivity index is 1.13. The van der Waals surface area contributed by atoms with Crippen molar-refractivity contribution < 1.29 is 4.42 Å². The molecule has 6 heteroatoms. The molecule has 4 aromatic heterocycles. The van der Waals surface area contributed by atoms with Crippen LogP contribution in [0, 0.1) is 0 Å². The Morgan fingerprint density at radius 2 is 0.842 bits per heavy atom. The van der Waals surface area contributed by atoms with Crippen molar-refractivity contribution in [3.05, 3.63) is 188 Å². The summed E-state index contributed by atoms with van der Waals surface area (Å²) < 4.78 is 11.2. The fourth-order valence-electron chi connectivity index (χ4n) is 8.64. The molecule has 0 aliphatic rings. The maximum Gasteiger partial charge on any atom is 0.164 e. The van der Waals surface area contributed by atoms with Crippen LogP contribution < -0.4 is 0 Å². The van der Waals surface area contributed by atoms with Gasteiger partial charge in [-0.05, 0) is 54.6 Å². The molecule has 4 heterocycles. The molecule has 0 N–H and O–H groups in total. The van der Waals surface area contributed by atoms with Crippen LogP contribution in [0.4, 0.5) is 0 Å². The van der Waals surface area contributed by atoms with Gasteiger partial charge < -0.3 is 13.6 Å². The second-order valence-corrected chi connectivity index (χ2v) is 14.4. The lowest BCUT2D eigenvalue weighted by molar-refractivity contribution is 0.669. The van der Waals surface area contributed by atoms with Crippen LogP contribution in [0.5, 0.6) is 0 Å². The third kappa shape index (κ3) is 4.87. The van der Waals surface area contributed by atoms with Crippen molar-refractivity contribution in [1.29, 1.82) is 0 Å². The average Bonchev–Trinajstić information content (AvgIpc) is 3.93. The molecule has 0 saturated carbocycles. The first kappa shape index (κ1) is 31.5. The van der Waals surface area contributed by atoms with Gasteiger partial charge in [0.05, 0.1) is 22.1 Å². The second kappa shape index (κ2) is 12.3. The number of para-hydroxylation sites is 3. The van der Waals surface area contributed by atoms with E-state index in [1.807, 2.05) is 72.8 Å². The zero-order chi connectivity index (χ0) is 37.5. The summed E-state index contributed by atoms with van der Waals surface area (Å²) in [6.07, 6.45) is 0. The molecule has 0 unspecified atom stereocenters. The van der Waals surface area contributed by atoms with Crippen molar-refractivity contribution in [3.8, 4) is 45.5 Å². The first-order chi connectivity index (χ1) is 28.3. The number of rotatable bonds is 5. The number of furan rings is 1. The normalized spacial score (nSPS) is 11.9. The largest absolute Gasteiger partial charge is 0.456 e. The Labute approximate surface area is 326 Å². The van der Waals surface area contributed by atoms with Gasteiger partial charge in [-0.25, -0.2) is 15.0 Å². The highest BCUT2D eigenvalue weighted by Gasteiger charge is 2.23. The molecule has 0 saturated heterocycles. The SMILES string of the molecule is c1ccc(-c2nc(-c3ccccc3)nc(-c3cccc(-n4c5ccccc5c5c6c7cc8c(cc7n(-c7ccccc7)c6ccc54)oc4ccccc48)c3)n2)cc1. The van der Waals surface area contributed by atoms with Crippen molar-refractivity contribution in [3.63, 3.8) is 0 Å². The van der Waals surface area contributed by atoms with Crippen molar-refractivity contribution in [2.24, 2.45) is 0 Å². The summed E-state index contributed by atoms with van der Waals surface area (Å²) in [6.45, 7) is 0. The van der Waals surface area contributed by atoms with Gasteiger partial charge in [0.2, 0.25) is 0 Å². The third-order valence-electron chi connectivity index (χ3n) is 11.1. The van der Waals surface area contributed by atoms with Gasteiger partial charge in [0.25, 0.3) is 0 Å². The summed E-state index contributed by atoms with van der Waals surface area (Å²) in [5, 5.41) is 7.01. The van der Waals surface area contributed by atoms with Crippen molar-refractivity contribution in [2.75, 3.05) is 0 Å². The Bertz CT molecular complexity index is 3450. The third-order valence-corrected chi connectivity index (χ3v) is 11.1. The Morgan fingerprint density at radius 3 is 1.54 bits per heavy atom. The van der Waals surface area contributed by atoms with E-state index in [-0.39, 0.29) is 0 Å². The fourth-order valence-corrected chi connectivity index (χ4v) is 8.64. The number of nitrogens with zero attached hydrogens (tertiary/aromatic N) is 5. The summed E-state index contributed by atoms with van der Waals surface area (Å²) in [4.78, 5) is 15.0. The van der Waals surface area contributed by atoms with Crippen LogP contribution in [0.3, 0.4) is 0 Å². The molecule has 0 spiro atoms. The minimum atomic E-state index is 0.620. The van der Waals surface area contributed by atoms with E-state index in [0.717, 1.165) is 72.1 Å². The van der Waals surface area contributed by atoms with Crippen LogP contribution in [0.15, 0.2) is 192 Å². The lowest BCUT2D eigenvalue weighted by atomic mass is 10.0. The molecule has 0 atom stereocenters. The molecule has 0 aliphatic carbocycles. The van der Waals surface area contributed by atoms with E-state index in [2.05, 4.69) is 124 Å². The lowest BCUT2D eigenvalue weighted by Gasteiger charge is -2.12. The number of fused-ring (bicyclic) bond motifs is 10. The molecule has 57 heavy (non-hydrogen) atoms. The molecular formula is C51H31N5O. The van der Waals surface area contributed by atoms with E-state index < -0.39 is 0 Å². The Kier molecular flexibility index (Phi) is 6.83. The van der Waals surface area contributed by atoms with Gasteiger partial charge >= 0.3 is 0 Å². The number of benzene rings is 8. The standard InChI is InChI=1S/C51H31N5O/c1-4-15-32(16-5-1)49-52-50(33-17-6-2-7-18-33)54-51(53-49)34-19-14-22-36(29-34)56-41-25-12-10-24-38(41)47-42(56)27-28-43-48(47)40-30-39-37-23-11-13-26-45(37)57-46(39)31-44(40)55(43)35-20-8-3-9-21-35/h1-31H. The monoisotopic (exact) mass is 729 g/mol. The molecule has 0 radical (unpaired) electrons. The van der Waals surface area contributed by atoms with E-state index in [4.69, 9.17) is 19.4 Å². The van der Waals surface area contributed by atoms with E-state index in [1.165, 1.54) is 21.5 Å². The summed E-state index contributed by atoms with van der Waals surface area (Å²) in [5.41, 5.74) is 11.2. The smallest absolute Gasteiger partial charge is 0.164 e. The van der Waals surface area contributed by atoms with Crippen LogP contribution in [0.2, 0.25) is 0 Å². The molecule has 0 bridgehead atoms. The summed E-state index contributed by atoms with van der Waals surface area (Å²) in [6, 6.07) is 65.5. The maximum absolute atomic E-state index is 6.45. The summed E-state index contributed by atoms with van der Waals surface area (Å²) in [5.74, 6) is 1.90. The Hall–Kier alpha value is -7.83. The van der Waals surface area contributed by atoms with Crippen LogP contribution in [0.1, 0.15) is 0 Å². The highest BCUT2D eigenvalue weighted by Crippen LogP contribution is 2.44. The van der Waals surface area contributed by atoms with Crippen LogP contribution >= 0.6 is 0 Å². The molecular weight excluding hydrogens is 699 g/mol. The summed E-state index contributed by atoms with van der Waals surface area (Å²) >= 11 is 0. The zero-order valence-electron chi connectivity index (χ0n) is 30.5. The van der Waals surface area contributed by atoms with E-state index in [9.17, 15) is 0 Å². The van der Waals surface area contributed by atoms with Crippen LogP contribution in [-0.2, 0) is 0 Å². The summed E-state index contributed by atoms with van der Waals surface area (Å²) in [7, 11) is 0. The molecule has 0 fully saturated rings. The molecule has 266 valence electrons. The van der Waals surface area contributed by atoms with Crippen molar-refractivity contribution in [1.82, 2.24) is 24.1 Å². The van der Waals surface area contributed by atoms with Gasteiger partial charge in [-0.3, -0.25) is 0 Å². The first-order valence-electron chi connectivity index (χ1n) is 19.1. The zero-order valence-corrected chi connectivity index (χ0v) is 30.5. The average molecular weight is 730 g/mol. The van der Waals surface area contributed by atoms with Gasteiger partial charge in [-0.1, -0.05) is 127 Å². The van der Waals surface area contributed by atoms with Gasteiger partial charge in [0, 0.05) is 66.4 Å². The number of hydrogen-bond donors (Lipinski definition) is 0. The van der Waals surface area contributed by atoms with Gasteiger partial charge in [-0.2, -0.15) is 0 Å². The van der Waals surface area contributed by atoms with Crippen LogP contribution in [-0.4, -0.2) is 24.1 Å². The molecule has 12 aromatic rings. The molecule has 8 aromatic carbocycles. The van der Waals surface area contributed by atoms with Crippen LogP contribution in [0.25, 0.3) is 111 Å². The van der Waals surface area contributed by atoms with Crippen molar-refractivity contribution in [2.45, 2.75) is 0 Å². The highest BCUT2D eigenvalue weighted by atomic mass is 16.3. The second-order valence-electron chi connectivity index (χ2n) is 14.4. The van der Waals surface area contributed by atoms with E-state index in [1.54, 1.807) is 0 Å². The molecule has 6 nitrogen and oxygen atoms in total. The predicted molar refractivity (Wildman–Crippen MR) is 232 cm³/mol. The van der Waals surface area contributed by atoms with Gasteiger partial charge in [0.1, 0.15) is 11.2 Å². The topological polar surface area (TPSA) is 61.7 Å². The van der Waals surface area contributed by atoms with Gasteiger partial charge in [-0.15, -0.1) is 0 Å². The molecule has 0 amide bonds. The van der Waals surface area contributed by atoms with Gasteiger partial charge in [0.15, 0.2) is 17.5 Å². The molecule has 12 rings (SSSR count). The number of hydrogen-bond acceptors (Lipinski definition) is 4. The quantitative estimate of drug-likeness (QED) is 0.177. The first-order valence-corrected chi connectivity index (χ1v) is 19.1. The highest BCUT2D eigenvalue weighted by molar-refractivity contribution is 6.30. The molecule has 0 aliphatic heterocycles. The predicted octanol–water partition coefficient (Wildman–Crippen LogP) is 13.0. The lowest BCUT2D eigenvalue weighted by Crippen LogP contribution is -2.01. The minimum Gasteiger partial charge on any atom is -0.456 e. The maximum atomic E-state index is 6.45.